The van der Waals surface area contributed by atoms with E-state index in [0.717, 1.165) is 0 Å². The van der Waals surface area contributed by atoms with E-state index in [2.05, 4.69) is 21.9 Å². The maximum Gasteiger partial charge on any atom is 0.237 e. The summed E-state index contributed by atoms with van der Waals surface area (Å²) in [4.78, 5) is 13.2. The summed E-state index contributed by atoms with van der Waals surface area (Å²) in [6, 6.07) is 0. The minimum atomic E-state index is -0.124. The zero-order chi connectivity index (χ0) is 10.4. The van der Waals surface area contributed by atoms with Gasteiger partial charge in [0.25, 0.3) is 0 Å². The van der Waals surface area contributed by atoms with Crippen molar-refractivity contribution in [3.05, 3.63) is 0 Å². The van der Waals surface area contributed by atoms with Crippen molar-refractivity contribution >= 4 is 21.8 Å². The molecular weight excluding hydrogens is 230 g/mol. The second-order valence-corrected chi connectivity index (χ2v) is 4.19. The van der Waals surface area contributed by atoms with Gasteiger partial charge in [-0.25, -0.2) is 0 Å². The molecule has 13 heavy (non-hydrogen) atoms. The van der Waals surface area contributed by atoms with Crippen LogP contribution in [0.5, 0.6) is 0 Å². The number of terminal acetylenes is 1. The zero-order valence-corrected chi connectivity index (χ0v) is 9.97. The molecule has 1 atom stereocenters. The van der Waals surface area contributed by atoms with Crippen molar-refractivity contribution in [3.8, 4) is 12.3 Å². The Morgan fingerprint density at radius 3 is 2.46 bits per heavy atom. The van der Waals surface area contributed by atoms with Gasteiger partial charge in [-0.3, -0.25) is 4.79 Å². The van der Waals surface area contributed by atoms with Gasteiger partial charge in [-0.2, -0.15) is 0 Å². The molecule has 0 bridgehead atoms. The van der Waals surface area contributed by atoms with Crippen molar-refractivity contribution in [1.82, 2.24) is 4.90 Å². The molecule has 0 aliphatic carbocycles. The minimum absolute atomic E-state index is 0.0791. The Bertz CT molecular complexity index is 207. The average Bonchev–Trinajstić information content (AvgIpc) is 2.11. The number of halogens is 1. The standard InChI is InChI=1S/C10H16BrNO/c1-5-7-12(6-2)10(13)9(11)8(3)4/h1,8-9H,6-7H2,2-4H3. The Morgan fingerprint density at radius 2 is 2.15 bits per heavy atom. The van der Waals surface area contributed by atoms with Crippen LogP contribution in [0.15, 0.2) is 0 Å². The SMILES string of the molecule is C#CCN(CC)C(=O)C(Br)C(C)C. The number of alkyl halides is 1. The first-order valence-corrected chi connectivity index (χ1v) is 5.32. The van der Waals surface area contributed by atoms with Crippen LogP contribution in [-0.2, 0) is 4.79 Å². The molecule has 0 N–H and O–H groups in total. The maximum absolute atomic E-state index is 11.7. The van der Waals surface area contributed by atoms with Gasteiger partial charge in [0.1, 0.15) is 0 Å². The third-order valence-electron chi connectivity index (χ3n) is 1.80. The highest BCUT2D eigenvalue weighted by Gasteiger charge is 2.22. The molecule has 74 valence electrons. The minimum Gasteiger partial charge on any atom is -0.331 e. The Kier molecular flexibility index (Phi) is 5.81. The summed E-state index contributed by atoms with van der Waals surface area (Å²) in [5.41, 5.74) is 0. The summed E-state index contributed by atoms with van der Waals surface area (Å²) < 4.78 is 0. The van der Waals surface area contributed by atoms with Gasteiger partial charge in [0.05, 0.1) is 11.4 Å². The molecule has 1 unspecified atom stereocenters. The molecule has 0 aromatic carbocycles. The number of carbonyl (C=O) groups is 1. The van der Waals surface area contributed by atoms with Crippen LogP contribution in [0, 0.1) is 18.3 Å². The van der Waals surface area contributed by atoms with Crippen LogP contribution in [0.2, 0.25) is 0 Å². The Morgan fingerprint density at radius 1 is 1.62 bits per heavy atom. The lowest BCUT2D eigenvalue weighted by Gasteiger charge is -2.23. The highest BCUT2D eigenvalue weighted by atomic mass is 79.9. The Hall–Kier alpha value is -0.490. The molecule has 0 spiro atoms. The molecule has 0 saturated carbocycles. The van der Waals surface area contributed by atoms with Gasteiger partial charge in [0.15, 0.2) is 0 Å². The van der Waals surface area contributed by atoms with Crippen molar-refractivity contribution in [2.75, 3.05) is 13.1 Å². The summed E-state index contributed by atoms with van der Waals surface area (Å²) in [6.45, 7) is 6.99. The van der Waals surface area contributed by atoms with Gasteiger partial charge in [-0.15, -0.1) is 6.42 Å². The maximum atomic E-state index is 11.7. The van der Waals surface area contributed by atoms with Gasteiger partial charge < -0.3 is 4.90 Å². The van der Waals surface area contributed by atoms with Crippen LogP contribution in [0.1, 0.15) is 20.8 Å². The van der Waals surface area contributed by atoms with Crippen molar-refractivity contribution in [1.29, 1.82) is 0 Å². The van der Waals surface area contributed by atoms with Gasteiger partial charge in [-0.1, -0.05) is 35.7 Å². The summed E-state index contributed by atoms with van der Waals surface area (Å²) >= 11 is 3.36. The fourth-order valence-corrected chi connectivity index (χ4v) is 1.20. The lowest BCUT2D eigenvalue weighted by molar-refractivity contribution is -0.130. The van der Waals surface area contributed by atoms with Crippen molar-refractivity contribution in [3.63, 3.8) is 0 Å². The van der Waals surface area contributed by atoms with E-state index in [1.807, 2.05) is 20.8 Å². The van der Waals surface area contributed by atoms with E-state index >= 15 is 0 Å². The van der Waals surface area contributed by atoms with Crippen LogP contribution in [0.3, 0.4) is 0 Å². The largest absolute Gasteiger partial charge is 0.331 e. The molecule has 0 fully saturated rings. The number of hydrogen-bond acceptors (Lipinski definition) is 1. The Balaban J connectivity index is 4.29. The molecule has 0 aromatic heterocycles. The van der Waals surface area contributed by atoms with E-state index in [1.54, 1.807) is 4.90 Å². The third kappa shape index (κ3) is 3.82. The summed E-state index contributed by atoms with van der Waals surface area (Å²) in [5, 5.41) is 0. The second-order valence-electron chi connectivity index (χ2n) is 3.20. The van der Waals surface area contributed by atoms with Gasteiger partial charge in [0, 0.05) is 6.54 Å². The number of rotatable bonds is 4. The number of amides is 1. The van der Waals surface area contributed by atoms with E-state index < -0.39 is 0 Å². The van der Waals surface area contributed by atoms with E-state index in [4.69, 9.17) is 6.42 Å². The molecule has 3 heteroatoms. The molecule has 0 heterocycles. The predicted molar refractivity (Wildman–Crippen MR) is 58.6 cm³/mol. The molecule has 0 aliphatic rings. The molecular formula is C10H16BrNO. The smallest absolute Gasteiger partial charge is 0.237 e. The first kappa shape index (κ1) is 12.5. The molecule has 0 radical (unpaired) electrons. The van der Waals surface area contributed by atoms with Crippen LogP contribution >= 0.6 is 15.9 Å². The number of hydrogen-bond donors (Lipinski definition) is 0. The fourth-order valence-electron chi connectivity index (χ4n) is 0.915. The average molecular weight is 246 g/mol. The molecule has 1 amide bonds. The normalized spacial score (nSPS) is 12.3. The lowest BCUT2D eigenvalue weighted by Crippen LogP contribution is -2.38. The van der Waals surface area contributed by atoms with Gasteiger partial charge in [0.2, 0.25) is 5.91 Å². The zero-order valence-electron chi connectivity index (χ0n) is 8.38. The van der Waals surface area contributed by atoms with E-state index in [1.165, 1.54) is 0 Å². The van der Waals surface area contributed by atoms with Crippen molar-refractivity contribution in [2.24, 2.45) is 5.92 Å². The van der Waals surface area contributed by atoms with Gasteiger partial charge >= 0.3 is 0 Å². The van der Waals surface area contributed by atoms with Crippen molar-refractivity contribution < 1.29 is 4.79 Å². The molecule has 0 aromatic rings. The fraction of sp³-hybridized carbons (Fsp3) is 0.700. The van der Waals surface area contributed by atoms with Crippen LogP contribution in [-0.4, -0.2) is 28.7 Å². The quantitative estimate of drug-likeness (QED) is 0.548. The number of nitrogens with zero attached hydrogens (tertiary/aromatic N) is 1. The number of carbonyl (C=O) groups excluding carboxylic acids is 1. The lowest BCUT2D eigenvalue weighted by atomic mass is 10.1. The summed E-state index contributed by atoms with van der Waals surface area (Å²) in [5.74, 6) is 2.85. The first-order chi connectivity index (χ1) is 6.04. The molecule has 2 nitrogen and oxygen atoms in total. The second kappa shape index (κ2) is 6.04. The van der Waals surface area contributed by atoms with Crippen molar-refractivity contribution in [2.45, 2.75) is 25.6 Å². The molecule has 0 aliphatic heterocycles. The molecule has 0 rings (SSSR count). The first-order valence-electron chi connectivity index (χ1n) is 4.40. The molecule has 0 saturated heterocycles. The monoisotopic (exact) mass is 245 g/mol. The van der Waals surface area contributed by atoms with Crippen LogP contribution < -0.4 is 0 Å². The van der Waals surface area contributed by atoms with E-state index in [-0.39, 0.29) is 10.7 Å². The van der Waals surface area contributed by atoms with Crippen LogP contribution in [0.25, 0.3) is 0 Å². The predicted octanol–water partition coefficient (Wildman–Crippen LogP) is 1.89. The highest BCUT2D eigenvalue weighted by molar-refractivity contribution is 9.10. The highest BCUT2D eigenvalue weighted by Crippen LogP contribution is 2.14. The summed E-state index contributed by atoms with van der Waals surface area (Å²) in [6.07, 6.45) is 5.16. The van der Waals surface area contributed by atoms with Gasteiger partial charge in [-0.05, 0) is 12.8 Å². The van der Waals surface area contributed by atoms with Crippen LogP contribution in [0.4, 0.5) is 0 Å². The topological polar surface area (TPSA) is 20.3 Å². The third-order valence-corrected chi connectivity index (χ3v) is 3.25. The van der Waals surface area contributed by atoms with E-state index in [0.29, 0.717) is 19.0 Å². The summed E-state index contributed by atoms with van der Waals surface area (Å²) in [7, 11) is 0. The Labute approximate surface area is 88.8 Å². The van der Waals surface area contributed by atoms with E-state index in [9.17, 15) is 4.79 Å².